The molecule has 1 unspecified atom stereocenters. The van der Waals surface area contributed by atoms with Crippen LogP contribution in [0.2, 0.25) is 5.02 Å². The summed E-state index contributed by atoms with van der Waals surface area (Å²) in [5.41, 5.74) is 7.98. The number of benzene rings is 1. The summed E-state index contributed by atoms with van der Waals surface area (Å²) in [6.45, 7) is 5.94. The lowest BCUT2D eigenvalue weighted by atomic mass is 10.1. The molecule has 0 radical (unpaired) electrons. The largest absolute Gasteiger partial charge is 0.330 e. The van der Waals surface area contributed by atoms with Gasteiger partial charge in [-0.25, -0.2) is 4.98 Å². The van der Waals surface area contributed by atoms with Crippen LogP contribution >= 0.6 is 11.6 Å². The molecule has 0 spiro atoms. The molecule has 0 fully saturated rings. The molecule has 1 atom stereocenters. The molecule has 1 aromatic heterocycles. The number of nitrogens with two attached hydrogens (primary N) is 1. The van der Waals surface area contributed by atoms with Crippen molar-refractivity contribution in [1.82, 2.24) is 9.55 Å². The van der Waals surface area contributed by atoms with E-state index in [9.17, 15) is 0 Å². The van der Waals surface area contributed by atoms with Crippen LogP contribution in [0.5, 0.6) is 0 Å². The Morgan fingerprint density at radius 1 is 1.39 bits per heavy atom. The Morgan fingerprint density at radius 3 is 2.78 bits per heavy atom. The molecular formula is C14H20ClN3. The maximum Gasteiger partial charge on any atom is 0.114 e. The van der Waals surface area contributed by atoms with Gasteiger partial charge >= 0.3 is 0 Å². The fraction of sp³-hybridized carbons (Fsp3) is 0.500. The number of aromatic nitrogens is 2. The van der Waals surface area contributed by atoms with E-state index in [1.165, 1.54) is 0 Å². The van der Waals surface area contributed by atoms with Gasteiger partial charge in [0.15, 0.2) is 0 Å². The fourth-order valence-corrected chi connectivity index (χ4v) is 2.51. The molecule has 0 amide bonds. The van der Waals surface area contributed by atoms with Gasteiger partial charge in [-0.1, -0.05) is 25.4 Å². The summed E-state index contributed by atoms with van der Waals surface area (Å²) in [6.07, 6.45) is 2.10. The molecule has 0 saturated carbocycles. The summed E-state index contributed by atoms with van der Waals surface area (Å²) < 4.78 is 2.28. The van der Waals surface area contributed by atoms with Gasteiger partial charge in [0, 0.05) is 24.0 Å². The van der Waals surface area contributed by atoms with E-state index < -0.39 is 0 Å². The van der Waals surface area contributed by atoms with Crippen molar-refractivity contribution >= 4 is 22.6 Å². The number of imidazole rings is 1. The Hall–Kier alpha value is -1.06. The smallest absolute Gasteiger partial charge is 0.114 e. The molecule has 3 nitrogen and oxygen atoms in total. The van der Waals surface area contributed by atoms with Crippen molar-refractivity contribution in [2.75, 3.05) is 6.54 Å². The summed E-state index contributed by atoms with van der Waals surface area (Å²) in [4.78, 5) is 4.73. The lowest BCUT2D eigenvalue weighted by Gasteiger charge is -2.14. The van der Waals surface area contributed by atoms with E-state index in [4.69, 9.17) is 22.3 Å². The third-order valence-electron chi connectivity index (χ3n) is 3.33. The third kappa shape index (κ3) is 2.38. The molecule has 2 aromatic rings. The molecule has 0 aliphatic heterocycles. The standard InChI is InChI=1S/C14H20ClN3/c1-3-7-18-13-6-5-11(15)8-12(13)17-14(18)10(4-2)9-16/h5-6,8,10H,3-4,7,9,16H2,1-2H3. The zero-order chi connectivity index (χ0) is 13.1. The van der Waals surface area contributed by atoms with Crippen LogP contribution in [0.15, 0.2) is 18.2 Å². The minimum atomic E-state index is 0.322. The molecule has 2 rings (SSSR count). The van der Waals surface area contributed by atoms with Crippen LogP contribution < -0.4 is 5.73 Å². The predicted molar refractivity (Wildman–Crippen MR) is 77.1 cm³/mol. The Balaban J connectivity index is 2.59. The van der Waals surface area contributed by atoms with Crippen molar-refractivity contribution in [3.05, 3.63) is 29.0 Å². The highest BCUT2D eigenvalue weighted by Crippen LogP contribution is 2.26. The first kappa shape index (κ1) is 13.4. The molecule has 18 heavy (non-hydrogen) atoms. The lowest BCUT2D eigenvalue weighted by molar-refractivity contribution is 0.567. The maximum atomic E-state index is 6.03. The second kappa shape index (κ2) is 5.72. The monoisotopic (exact) mass is 265 g/mol. The van der Waals surface area contributed by atoms with Crippen LogP contribution in [-0.2, 0) is 6.54 Å². The molecule has 2 N–H and O–H groups in total. The zero-order valence-electron chi connectivity index (χ0n) is 11.0. The van der Waals surface area contributed by atoms with Crippen molar-refractivity contribution in [3.8, 4) is 0 Å². The van der Waals surface area contributed by atoms with Gasteiger partial charge in [-0.2, -0.15) is 0 Å². The van der Waals surface area contributed by atoms with Crippen molar-refractivity contribution in [2.45, 2.75) is 39.2 Å². The molecule has 98 valence electrons. The van der Waals surface area contributed by atoms with Gasteiger partial charge in [0.2, 0.25) is 0 Å². The predicted octanol–water partition coefficient (Wildman–Crippen LogP) is 3.55. The SMILES string of the molecule is CCCn1c(C(CC)CN)nc2cc(Cl)ccc21. The van der Waals surface area contributed by atoms with E-state index in [1.807, 2.05) is 18.2 Å². The number of hydrogen-bond donors (Lipinski definition) is 1. The van der Waals surface area contributed by atoms with Gasteiger partial charge in [-0.15, -0.1) is 0 Å². The quantitative estimate of drug-likeness (QED) is 0.898. The first-order valence-electron chi connectivity index (χ1n) is 6.57. The lowest BCUT2D eigenvalue weighted by Crippen LogP contribution is -2.17. The van der Waals surface area contributed by atoms with Crippen LogP contribution in [0.25, 0.3) is 11.0 Å². The van der Waals surface area contributed by atoms with E-state index in [-0.39, 0.29) is 0 Å². The van der Waals surface area contributed by atoms with Crippen molar-refractivity contribution in [1.29, 1.82) is 0 Å². The zero-order valence-corrected chi connectivity index (χ0v) is 11.7. The number of halogens is 1. The number of rotatable bonds is 5. The minimum Gasteiger partial charge on any atom is -0.330 e. The third-order valence-corrected chi connectivity index (χ3v) is 3.56. The molecule has 0 saturated heterocycles. The number of nitrogens with zero attached hydrogens (tertiary/aromatic N) is 2. The van der Waals surface area contributed by atoms with Crippen LogP contribution in [0.3, 0.4) is 0 Å². The fourth-order valence-electron chi connectivity index (χ4n) is 2.35. The summed E-state index contributed by atoms with van der Waals surface area (Å²) in [7, 11) is 0. The summed E-state index contributed by atoms with van der Waals surface area (Å²) in [5, 5.41) is 0.732. The second-order valence-corrected chi connectivity index (χ2v) is 5.03. The van der Waals surface area contributed by atoms with Gasteiger partial charge in [0.05, 0.1) is 11.0 Å². The van der Waals surface area contributed by atoms with Gasteiger partial charge in [-0.3, -0.25) is 0 Å². The molecule has 0 bridgehead atoms. The maximum absolute atomic E-state index is 6.03. The van der Waals surface area contributed by atoms with Crippen molar-refractivity contribution in [2.24, 2.45) is 5.73 Å². The van der Waals surface area contributed by atoms with Crippen molar-refractivity contribution < 1.29 is 0 Å². The first-order chi connectivity index (χ1) is 8.71. The highest BCUT2D eigenvalue weighted by Gasteiger charge is 2.17. The van der Waals surface area contributed by atoms with Crippen LogP contribution in [0, 0.1) is 0 Å². The van der Waals surface area contributed by atoms with Gasteiger partial charge in [0.25, 0.3) is 0 Å². The summed E-state index contributed by atoms with van der Waals surface area (Å²) in [5.74, 6) is 1.42. The molecule has 1 heterocycles. The Labute approximate surface area is 113 Å². The number of aryl methyl sites for hydroxylation is 1. The highest BCUT2D eigenvalue weighted by molar-refractivity contribution is 6.31. The van der Waals surface area contributed by atoms with E-state index in [0.717, 1.165) is 41.3 Å². The Bertz CT molecular complexity index is 529. The molecule has 0 aliphatic carbocycles. The van der Waals surface area contributed by atoms with Gasteiger partial charge < -0.3 is 10.3 Å². The summed E-state index contributed by atoms with van der Waals surface area (Å²) in [6, 6.07) is 5.90. The summed E-state index contributed by atoms with van der Waals surface area (Å²) >= 11 is 6.03. The molecular weight excluding hydrogens is 246 g/mol. The van der Waals surface area contributed by atoms with Crippen molar-refractivity contribution in [3.63, 3.8) is 0 Å². The molecule has 1 aromatic carbocycles. The van der Waals surface area contributed by atoms with Gasteiger partial charge in [-0.05, 0) is 31.0 Å². The molecule has 4 heteroatoms. The minimum absolute atomic E-state index is 0.322. The average Bonchev–Trinajstić information content (AvgIpc) is 2.70. The van der Waals surface area contributed by atoms with E-state index in [1.54, 1.807) is 0 Å². The van der Waals surface area contributed by atoms with E-state index in [0.29, 0.717) is 12.5 Å². The Morgan fingerprint density at radius 2 is 2.17 bits per heavy atom. The van der Waals surface area contributed by atoms with E-state index >= 15 is 0 Å². The van der Waals surface area contributed by atoms with Crippen LogP contribution in [-0.4, -0.2) is 16.1 Å². The van der Waals surface area contributed by atoms with Crippen LogP contribution in [0.1, 0.15) is 38.4 Å². The Kier molecular flexibility index (Phi) is 4.25. The van der Waals surface area contributed by atoms with Gasteiger partial charge in [0.1, 0.15) is 5.82 Å². The van der Waals surface area contributed by atoms with Crippen LogP contribution in [0.4, 0.5) is 0 Å². The highest BCUT2D eigenvalue weighted by atomic mass is 35.5. The normalized spacial score (nSPS) is 13.1. The first-order valence-corrected chi connectivity index (χ1v) is 6.94. The average molecular weight is 266 g/mol. The second-order valence-electron chi connectivity index (χ2n) is 4.60. The number of hydrogen-bond acceptors (Lipinski definition) is 2. The van der Waals surface area contributed by atoms with E-state index in [2.05, 4.69) is 18.4 Å². The number of fused-ring (bicyclic) bond motifs is 1. The topological polar surface area (TPSA) is 43.8 Å². The molecule has 0 aliphatic rings.